The molecular formula is C10H17N5S. The summed E-state index contributed by atoms with van der Waals surface area (Å²) < 4.78 is 0. The van der Waals surface area contributed by atoms with Crippen LogP contribution in [0.3, 0.4) is 0 Å². The van der Waals surface area contributed by atoms with E-state index in [1.807, 2.05) is 24.8 Å². The number of hydrazine groups is 1. The molecule has 0 aliphatic carbocycles. The number of thioether (sulfide) groups is 1. The van der Waals surface area contributed by atoms with Gasteiger partial charge >= 0.3 is 0 Å². The average Bonchev–Trinajstić information content (AvgIpc) is 2.29. The van der Waals surface area contributed by atoms with Crippen LogP contribution in [0.4, 0.5) is 5.82 Å². The number of aryl methyl sites for hydroxylation is 1. The number of nitrogen functional groups attached to an aromatic ring is 1. The maximum atomic E-state index is 5.36. The van der Waals surface area contributed by atoms with Crippen molar-refractivity contribution in [1.29, 1.82) is 0 Å². The molecule has 1 fully saturated rings. The van der Waals surface area contributed by atoms with E-state index in [0.717, 1.165) is 31.2 Å². The van der Waals surface area contributed by atoms with Crippen molar-refractivity contribution in [3.05, 3.63) is 17.6 Å². The molecule has 0 spiro atoms. The van der Waals surface area contributed by atoms with Crippen molar-refractivity contribution in [3.63, 3.8) is 0 Å². The fourth-order valence-corrected chi connectivity index (χ4v) is 2.71. The van der Waals surface area contributed by atoms with Gasteiger partial charge in [-0.05, 0) is 6.92 Å². The molecule has 1 aliphatic rings. The summed E-state index contributed by atoms with van der Waals surface area (Å²) in [6, 6.07) is 1.84. The van der Waals surface area contributed by atoms with E-state index in [-0.39, 0.29) is 0 Å². The number of nitrogens with two attached hydrogens (primary N) is 1. The largest absolute Gasteiger partial charge is 0.308 e. The van der Waals surface area contributed by atoms with Crippen molar-refractivity contribution < 1.29 is 0 Å². The van der Waals surface area contributed by atoms with Crippen LogP contribution in [0.2, 0.25) is 0 Å². The van der Waals surface area contributed by atoms with Crippen LogP contribution in [0.5, 0.6) is 0 Å². The fraction of sp³-hybridized carbons (Fsp3) is 0.600. The van der Waals surface area contributed by atoms with E-state index >= 15 is 0 Å². The van der Waals surface area contributed by atoms with Crippen LogP contribution in [0.1, 0.15) is 11.5 Å². The van der Waals surface area contributed by atoms with Crippen molar-refractivity contribution >= 4 is 17.6 Å². The first kappa shape index (κ1) is 11.6. The van der Waals surface area contributed by atoms with Crippen LogP contribution in [0.15, 0.2) is 6.07 Å². The molecule has 0 atom stereocenters. The van der Waals surface area contributed by atoms with Gasteiger partial charge in [0, 0.05) is 36.4 Å². The Kier molecular flexibility index (Phi) is 3.98. The Morgan fingerprint density at radius 3 is 2.88 bits per heavy atom. The Morgan fingerprint density at radius 1 is 1.44 bits per heavy atom. The minimum atomic E-state index is 0.689. The SMILES string of the molecule is Cc1cc(NN)nc(CN2CCSCC2)n1. The van der Waals surface area contributed by atoms with E-state index in [1.165, 1.54) is 11.5 Å². The fourth-order valence-electron chi connectivity index (χ4n) is 1.73. The molecule has 16 heavy (non-hydrogen) atoms. The maximum Gasteiger partial charge on any atom is 0.145 e. The van der Waals surface area contributed by atoms with Gasteiger partial charge in [0.1, 0.15) is 11.6 Å². The lowest BCUT2D eigenvalue weighted by atomic mass is 10.4. The molecule has 1 aromatic heterocycles. The highest BCUT2D eigenvalue weighted by atomic mass is 32.2. The summed E-state index contributed by atoms with van der Waals surface area (Å²) in [5.41, 5.74) is 3.52. The molecule has 2 rings (SSSR count). The van der Waals surface area contributed by atoms with Gasteiger partial charge in [-0.25, -0.2) is 15.8 Å². The number of nitrogens with zero attached hydrogens (tertiary/aromatic N) is 3. The summed E-state index contributed by atoms with van der Waals surface area (Å²) in [7, 11) is 0. The first-order valence-electron chi connectivity index (χ1n) is 5.39. The number of aromatic nitrogens is 2. The lowest BCUT2D eigenvalue weighted by molar-refractivity contribution is 0.287. The zero-order valence-electron chi connectivity index (χ0n) is 9.44. The highest BCUT2D eigenvalue weighted by molar-refractivity contribution is 7.99. The summed E-state index contributed by atoms with van der Waals surface area (Å²) in [4.78, 5) is 11.2. The lowest BCUT2D eigenvalue weighted by Crippen LogP contribution is -2.32. The van der Waals surface area contributed by atoms with E-state index in [9.17, 15) is 0 Å². The van der Waals surface area contributed by atoms with Gasteiger partial charge in [0.15, 0.2) is 0 Å². The van der Waals surface area contributed by atoms with E-state index < -0.39 is 0 Å². The van der Waals surface area contributed by atoms with Gasteiger partial charge in [0.25, 0.3) is 0 Å². The molecule has 0 bridgehead atoms. The Balaban J connectivity index is 2.04. The highest BCUT2D eigenvalue weighted by Gasteiger charge is 2.12. The Bertz CT molecular complexity index is 351. The first-order valence-corrected chi connectivity index (χ1v) is 6.54. The maximum absolute atomic E-state index is 5.36. The van der Waals surface area contributed by atoms with Gasteiger partial charge in [0.05, 0.1) is 6.54 Å². The van der Waals surface area contributed by atoms with E-state index in [0.29, 0.717) is 5.82 Å². The summed E-state index contributed by atoms with van der Waals surface area (Å²) in [6.45, 7) is 5.01. The molecule has 0 aromatic carbocycles. The number of rotatable bonds is 3. The second kappa shape index (κ2) is 5.47. The third kappa shape index (κ3) is 3.07. The van der Waals surface area contributed by atoms with E-state index in [2.05, 4.69) is 20.3 Å². The molecule has 0 amide bonds. The number of anilines is 1. The van der Waals surface area contributed by atoms with Crippen LogP contribution < -0.4 is 11.3 Å². The molecule has 1 aromatic rings. The molecule has 0 radical (unpaired) electrons. The van der Waals surface area contributed by atoms with Crippen molar-refractivity contribution in [2.24, 2.45) is 5.84 Å². The molecule has 1 aliphatic heterocycles. The van der Waals surface area contributed by atoms with E-state index in [4.69, 9.17) is 5.84 Å². The molecule has 5 nitrogen and oxygen atoms in total. The summed E-state index contributed by atoms with van der Waals surface area (Å²) in [5, 5.41) is 0. The van der Waals surface area contributed by atoms with E-state index in [1.54, 1.807) is 0 Å². The second-order valence-electron chi connectivity index (χ2n) is 3.84. The first-order chi connectivity index (χ1) is 7.78. The predicted molar refractivity (Wildman–Crippen MR) is 67.2 cm³/mol. The summed E-state index contributed by atoms with van der Waals surface area (Å²) in [5.74, 6) is 9.30. The molecule has 88 valence electrons. The highest BCUT2D eigenvalue weighted by Crippen LogP contribution is 2.12. The lowest BCUT2D eigenvalue weighted by Gasteiger charge is -2.25. The van der Waals surface area contributed by atoms with Crippen LogP contribution in [-0.2, 0) is 6.54 Å². The average molecular weight is 239 g/mol. The molecule has 0 unspecified atom stereocenters. The molecule has 0 saturated carbocycles. The topological polar surface area (TPSA) is 67.1 Å². The van der Waals surface area contributed by atoms with Crippen LogP contribution in [0.25, 0.3) is 0 Å². The van der Waals surface area contributed by atoms with Crippen molar-refractivity contribution in [3.8, 4) is 0 Å². The second-order valence-corrected chi connectivity index (χ2v) is 5.07. The van der Waals surface area contributed by atoms with Crippen molar-refractivity contribution in [1.82, 2.24) is 14.9 Å². The molecular weight excluding hydrogens is 222 g/mol. The zero-order valence-corrected chi connectivity index (χ0v) is 10.3. The Hall–Kier alpha value is -0.850. The number of hydrogen-bond acceptors (Lipinski definition) is 6. The summed E-state index contributed by atoms with van der Waals surface area (Å²) >= 11 is 2.01. The molecule has 3 N–H and O–H groups in total. The van der Waals surface area contributed by atoms with Gasteiger partial charge in [-0.2, -0.15) is 11.8 Å². The number of nitrogens with one attached hydrogen (secondary N) is 1. The molecule has 6 heteroatoms. The smallest absolute Gasteiger partial charge is 0.145 e. The van der Waals surface area contributed by atoms with Crippen LogP contribution >= 0.6 is 11.8 Å². The summed E-state index contributed by atoms with van der Waals surface area (Å²) in [6.07, 6.45) is 0. The van der Waals surface area contributed by atoms with Crippen LogP contribution in [0, 0.1) is 6.92 Å². The number of hydrogen-bond donors (Lipinski definition) is 2. The van der Waals surface area contributed by atoms with Gasteiger partial charge in [-0.3, -0.25) is 4.90 Å². The van der Waals surface area contributed by atoms with Gasteiger partial charge < -0.3 is 5.43 Å². The predicted octanol–water partition coefficient (Wildman–Crippen LogP) is 0.619. The monoisotopic (exact) mass is 239 g/mol. The molecule has 2 heterocycles. The Morgan fingerprint density at radius 2 is 2.19 bits per heavy atom. The normalized spacial score (nSPS) is 17.4. The van der Waals surface area contributed by atoms with Crippen molar-refractivity contribution in [2.75, 3.05) is 30.0 Å². The third-order valence-corrected chi connectivity index (χ3v) is 3.46. The molecule has 1 saturated heterocycles. The van der Waals surface area contributed by atoms with Gasteiger partial charge in [-0.15, -0.1) is 0 Å². The third-order valence-electron chi connectivity index (χ3n) is 2.52. The Labute approximate surface area is 99.8 Å². The minimum absolute atomic E-state index is 0.689. The van der Waals surface area contributed by atoms with Gasteiger partial charge in [-0.1, -0.05) is 0 Å². The quantitative estimate of drug-likeness (QED) is 0.595. The zero-order chi connectivity index (χ0) is 11.4. The van der Waals surface area contributed by atoms with Crippen molar-refractivity contribution in [2.45, 2.75) is 13.5 Å². The standard InChI is InChI=1S/C10H17N5S/c1-8-6-9(14-11)13-10(12-8)7-15-2-4-16-5-3-15/h6H,2-5,7,11H2,1H3,(H,12,13,14). The minimum Gasteiger partial charge on any atom is -0.308 e. The van der Waals surface area contributed by atoms with Gasteiger partial charge in [0.2, 0.25) is 0 Å². The van der Waals surface area contributed by atoms with Crippen LogP contribution in [-0.4, -0.2) is 39.5 Å².